The van der Waals surface area contributed by atoms with Gasteiger partial charge >= 0.3 is 0 Å². The van der Waals surface area contributed by atoms with Crippen molar-refractivity contribution in [1.82, 2.24) is 5.32 Å². The van der Waals surface area contributed by atoms with Crippen LogP contribution in [0.3, 0.4) is 0 Å². The lowest BCUT2D eigenvalue weighted by atomic mass is 9.98. The summed E-state index contributed by atoms with van der Waals surface area (Å²) in [5.41, 5.74) is 0.535. The Morgan fingerprint density at radius 2 is 1.53 bits per heavy atom. The Labute approximate surface area is 181 Å². The summed E-state index contributed by atoms with van der Waals surface area (Å²) in [4.78, 5) is 14.3. The number of para-hydroxylation sites is 2. The van der Waals surface area contributed by atoms with Crippen LogP contribution < -0.4 is 10.1 Å². The molecule has 4 rings (SSSR count). The lowest BCUT2D eigenvalue weighted by Crippen LogP contribution is -2.44. The smallest absolute Gasteiger partial charge is 0.255 e. The van der Waals surface area contributed by atoms with Gasteiger partial charge in [-0.2, -0.15) is 0 Å². The van der Waals surface area contributed by atoms with E-state index in [1.165, 1.54) is 4.90 Å². The molecule has 4 nitrogen and oxygen atoms in total. The minimum Gasteiger partial charge on any atom is -0.457 e. The molecular formula is C25H25NO3S. The Balaban J connectivity index is 1.47. The van der Waals surface area contributed by atoms with E-state index in [-0.39, 0.29) is 10.7 Å². The van der Waals surface area contributed by atoms with Gasteiger partial charge in [0.25, 0.3) is 5.91 Å². The lowest BCUT2D eigenvalue weighted by molar-refractivity contribution is 0.0740. The number of rotatable bonds is 7. The molecule has 0 aliphatic carbocycles. The van der Waals surface area contributed by atoms with Crippen LogP contribution in [0.1, 0.15) is 23.2 Å². The molecule has 0 radical (unpaired) electrons. The molecule has 3 aromatic rings. The van der Waals surface area contributed by atoms with Crippen molar-refractivity contribution >= 4 is 17.7 Å². The molecule has 1 fully saturated rings. The van der Waals surface area contributed by atoms with Crippen molar-refractivity contribution in [3.63, 3.8) is 0 Å². The molecule has 5 heteroatoms. The van der Waals surface area contributed by atoms with Crippen LogP contribution in [0.2, 0.25) is 0 Å². The van der Waals surface area contributed by atoms with E-state index in [1.807, 2.05) is 78.5 Å². The molecule has 0 unspecified atom stereocenters. The van der Waals surface area contributed by atoms with Crippen molar-refractivity contribution in [2.24, 2.45) is 0 Å². The highest BCUT2D eigenvalue weighted by atomic mass is 32.2. The van der Waals surface area contributed by atoms with E-state index >= 15 is 0 Å². The fourth-order valence-corrected chi connectivity index (χ4v) is 4.80. The van der Waals surface area contributed by atoms with E-state index in [2.05, 4.69) is 17.4 Å². The quantitative estimate of drug-likeness (QED) is 0.545. The maximum absolute atomic E-state index is 13.1. The Bertz CT molecular complexity index is 956. The predicted octanol–water partition coefficient (Wildman–Crippen LogP) is 5.55. The first-order valence-corrected chi connectivity index (χ1v) is 11.0. The molecular weight excluding hydrogens is 394 g/mol. The topological polar surface area (TPSA) is 47.6 Å². The number of hydrogen-bond acceptors (Lipinski definition) is 4. The number of ether oxygens (including phenoxy) is 2. The molecule has 1 aliphatic rings. The van der Waals surface area contributed by atoms with E-state index in [9.17, 15) is 4.79 Å². The summed E-state index contributed by atoms with van der Waals surface area (Å²) in [5.74, 6) is 1.14. The molecule has 154 valence electrons. The van der Waals surface area contributed by atoms with Crippen molar-refractivity contribution < 1.29 is 14.3 Å². The zero-order valence-electron chi connectivity index (χ0n) is 16.8. The Morgan fingerprint density at radius 1 is 0.900 bits per heavy atom. The van der Waals surface area contributed by atoms with Crippen LogP contribution in [0.5, 0.6) is 11.5 Å². The number of amides is 1. The van der Waals surface area contributed by atoms with E-state index in [0.29, 0.717) is 36.8 Å². The Morgan fingerprint density at radius 3 is 2.27 bits per heavy atom. The van der Waals surface area contributed by atoms with Crippen molar-refractivity contribution in [2.75, 3.05) is 19.8 Å². The predicted molar refractivity (Wildman–Crippen MR) is 120 cm³/mol. The summed E-state index contributed by atoms with van der Waals surface area (Å²) < 4.78 is 11.5. The zero-order valence-corrected chi connectivity index (χ0v) is 17.6. The van der Waals surface area contributed by atoms with Gasteiger partial charge in [0, 0.05) is 29.4 Å². The molecule has 1 amide bonds. The lowest BCUT2D eigenvalue weighted by Gasteiger charge is -2.36. The van der Waals surface area contributed by atoms with E-state index < -0.39 is 0 Å². The fourth-order valence-electron chi connectivity index (χ4n) is 3.49. The molecule has 0 saturated carbocycles. The van der Waals surface area contributed by atoms with Crippen LogP contribution in [-0.2, 0) is 4.74 Å². The third-order valence-corrected chi connectivity index (χ3v) is 6.65. The molecule has 3 aromatic carbocycles. The van der Waals surface area contributed by atoms with Gasteiger partial charge in [-0.1, -0.05) is 48.5 Å². The van der Waals surface area contributed by atoms with Crippen LogP contribution in [-0.4, -0.2) is 30.4 Å². The summed E-state index contributed by atoms with van der Waals surface area (Å²) in [6, 6.07) is 27.2. The second-order valence-corrected chi connectivity index (χ2v) is 8.85. The van der Waals surface area contributed by atoms with Gasteiger partial charge in [-0.3, -0.25) is 4.79 Å². The maximum Gasteiger partial charge on any atom is 0.255 e. The van der Waals surface area contributed by atoms with Gasteiger partial charge in [-0.05, 0) is 49.2 Å². The van der Waals surface area contributed by atoms with E-state index in [4.69, 9.17) is 9.47 Å². The second kappa shape index (κ2) is 9.83. The minimum atomic E-state index is -0.124. The third kappa shape index (κ3) is 5.23. The highest BCUT2D eigenvalue weighted by molar-refractivity contribution is 8.00. The number of benzene rings is 3. The number of carbonyl (C=O) groups excluding carboxylic acids is 1. The zero-order chi connectivity index (χ0) is 20.7. The van der Waals surface area contributed by atoms with Crippen LogP contribution in [0, 0.1) is 0 Å². The van der Waals surface area contributed by atoms with Gasteiger partial charge in [0.1, 0.15) is 11.5 Å². The van der Waals surface area contributed by atoms with Crippen molar-refractivity contribution in [3.8, 4) is 11.5 Å². The van der Waals surface area contributed by atoms with Crippen LogP contribution in [0.15, 0.2) is 89.8 Å². The molecule has 1 heterocycles. The fraction of sp³-hybridized carbons (Fsp3) is 0.240. The first kappa shape index (κ1) is 20.5. The minimum absolute atomic E-state index is 0.0789. The molecule has 0 atom stereocenters. The molecule has 30 heavy (non-hydrogen) atoms. The van der Waals surface area contributed by atoms with Gasteiger partial charge in [0.05, 0.1) is 5.56 Å². The highest BCUT2D eigenvalue weighted by Gasteiger charge is 2.34. The number of carbonyl (C=O) groups is 1. The SMILES string of the molecule is O=C(NCC1(Sc2ccccc2)CCOCC1)c1ccccc1Oc1ccccc1. The van der Waals surface area contributed by atoms with Gasteiger partial charge in [-0.25, -0.2) is 0 Å². The highest BCUT2D eigenvalue weighted by Crippen LogP contribution is 2.40. The summed E-state index contributed by atoms with van der Waals surface area (Å²) in [5, 5.41) is 3.16. The Hall–Kier alpha value is -2.76. The maximum atomic E-state index is 13.1. The molecule has 0 aromatic heterocycles. The summed E-state index contributed by atoms with van der Waals surface area (Å²) in [7, 11) is 0. The van der Waals surface area contributed by atoms with Crippen molar-refractivity contribution in [3.05, 3.63) is 90.5 Å². The molecule has 1 N–H and O–H groups in total. The van der Waals surface area contributed by atoms with E-state index in [1.54, 1.807) is 6.07 Å². The van der Waals surface area contributed by atoms with Crippen molar-refractivity contribution in [1.29, 1.82) is 0 Å². The first-order valence-electron chi connectivity index (χ1n) is 10.2. The second-order valence-electron chi connectivity index (χ2n) is 7.30. The largest absolute Gasteiger partial charge is 0.457 e. The monoisotopic (exact) mass is 419 g/mol. The molecule has 1 saturated heterocycles. The van der Waals surface area contributed by atoms with Gasteiger partial charge < -0.3 is 14.8 Å². The average Bonchev–Trinajstić information content (AvgIpc) is 2.80. The van der Waals surface area contributed by atoms with Crippen molar-refractivity contribution in [2.45, 2.75) is 22.5 Å². The third-order valence-electron chi connectivity index (χ3n) is 5.16. The number of thioether (sulfide) groups is 1. The summed E-state index contributed by atoms with van der Waals surface area (Å²) >= 11 is 1.83. The van der Waals surface area contributed by atoms with Gasteiger partial charge in [0.15, 0.2) is 0 Å². The number of nitrogens with one attached hydrogen (secondary N) is 1. The molecule has 1 aliphatic heterocycles. The first-order chi connectivity index (χ1) is 14.7. The van der Waals surface area contributed by atoms with Crippen LogP contribution >= 0.6 is 11.8 Å². The van der Waals surface area contributed by atoms with Gasteiger partial charge in [0.2, 0.25) is 0 Å². The standard InChI is InChI=1S/C25H25NO3S/c27-24(22-13-7-8-14-23(22)29-20-9-3-1-4-10-20)26-19-25(15-17-28-18-16-25)30-21-11-5-2-6-12-21/h1-14H,15-19H2,(H,26,27). The van der Waals surface area contributed by atoms with Crippen LogP contribution in [0.25, 0.3) is 0 Å². The Kier molecular flexibility index (Phi) is 6.72. The van der Waals surface area contributed by atoms with Gasteiger partial charge in [-0.15, -0.1) is 11.8 Å². The normalized spacial score (nSPS) is 15.3. The average molecular weight is 420 g/mol. The van der Waals surface area contributed by atoms with Crippen LogP contribution in [0.4, 0.5) is 0 Å². The molecule has 0 bridgehead atoms. The number of hydrogen-bond donors (Lipinski definition) is 1. The summed E-state index contributed by atoms with van der Waals surface area (Å²) in [6.45, 7) is 2.00. The van der Waals surface area contributed by atoms with E-state index in [0.717, 1.165) is 12.8 Å². The molecule has 0 spiro atoms. The summed E-state index contributed by atoms with van der Waals surface area (Å²) in [6.07, 6.45) is 1.80.